The molecule has 8 heteroatoms. The number of para-hydroxylation sites is 1. The van der Waals surface area contributed by atoms with Crippen LogP contribution in [-0.4, -0.2) is 50.3 Å². The quantitative estimate of drug-likeness (QED) is 0.730. The predicted molar refractivity (Wildman–Crippen MR) is 106 cm³/mol. The van der Waals surface area contributed by atoms with Crippen molar-refractivity contribution < 1.29 is 9.53 Å². The Morgan fingerprint density at radius 2 is 2.07 bits per heavy atom. The minimum absolute atomic E-state index is 0.0561. The van der Waals surface area contributed by atoms with Gasteiger partial charge in [0, 0.05) is 26.1 Å². The zero-order valence-corrected chi connectivity index (χ0v) is 16.1. The van der Waals surface area contributed by atoms with Gasteiger partial charge >= 0.3 is 0 Å². The second-order valence-electron chi connectivity index (χ2n) is 7.75. The SMILES string of the molecule is O=C(CCn1cnc2ccccc2c1=O)N1CCC2(CC1)OCCc1cn[nH]c12. The van der Waals surface area contributed by atoms with Crippen LogP contribution >= 0.6 is 0 Å². The van der Waals surface area contributed by atoms with Gasteiger partial charge in [-0.05, 0) is 37.0 Å². The van der Waals surface area contributed by atoms with Crippen LogP contribution in [0.2, 0.25) is 0 Å². The lowest BCUT2D eigenvalue weighted by molar-refractivity contribution is -0.141. The molecule has 5 rings (SSSR count). The lowest BCUT2D eigenvalue weighted by Crippen LogP contribution is -2.48. The summed E-state index contributed by atoms with van der Waals surface area (Å²) < 4.78 is 7.66. The highest BCUT2D eigenvalue weighted by molar-refractivity contribution is 5.77. The van der Waals surface area contributed by atoms with Gasteiger partial charge in [0.05, 0.1) is 35.7 Å². The number of hydrogen-bond donors (Lipinski definition) is 1. The van der Waals surface area contributed by atoms with Crippen LogP contribution in [0.1, 0.15) is 30.5 Å². The maximum Gasteiger partial charge on any atom is 0.261 e. The average Bonchev–Trinajstić information content (AvgIpc) is 3.24. The maximum atomic E-state index is 12.7. The summed E-state index contributed by atoms with van der Waals surface area (Å²) in [5.41, 5.74) is 2.51. The van der Waals surface area contributed by atoms with E-state index in [9.17, 15) is 9.59 Å². The van der Waals surface area contributed by atoms with E-state index in [1.165, 1.54) is 16.5 Å². The highest BCUT2D eigenvalue weighted by Gasteiger charge is 2.42. The summed E-state index contributed by atoms with van der Waals surface area (Å²) in [7, 11) is 0. The van der Waals surface area contributed by atoms with E-state index in [2.05, 4.69) is 15.2 Å². The van der Waals surface area contributed by atoms with E-state index in [4.69, 9.17) is 4.74 Å². The minimum Gasteiger partial charge on any atom is -0.368 e. The number of H-pyrrole nitrogens is 1. The Kier molecular flexibility index (Phi) is 4.43. The Morgan fingerprint density at radius 3 is 2.93 bits per heavy atom. The summed E-state index contributed by atoms with van der Waals surface area (Å²) in [4.78, 5) is 31.5. The van der Waals surface area contributed by atoms with E-state index >= 15 is 0 Å². The summed E-state index contributed by atoms with van der Waals surface area (Å²) in [6.45, 7) is 2.31. The summed E-state index contributed by atoms with van der Waals surface area (Å²) >= 11 is 0. The largest absolute Gasteiger partial charge is 0.368 e. The van der Waals surface area contributed by atoms with Crippen LogP contribution in [0.5, 0.6) is 0 Å². The number of aromatic nitrogens is 4. The van der Waals surface area contributed by atoms with Gasteiger partial charge in [-0.2, -0.15) is 5.10 Å². The topological polar surface area (TPSA) is 93.1 Å². The fraction of sp³-hybridized carbons (Fsp3) is 0.429. The second kappa shape index (κ2) is 7.11. The van der Waals surface area contributed by atoms with Gasteiger partial charge in [-0.25, -0.2) is 4.98 Å². The molecule has 1 aromatic carbocycles. The standard InChI is InChI=1S/C21H23N5O3/c27-18(5-9-26-14-22-17-4-2-1-3-16(17)20(26)28)25-10-7-21(8-11-25)19-15(6-12-29-21)13-23-24-19/h1-4,13-14H,5-12H2,(H,23,24). The van der Waals surface area contributed by atoms with E-state index in [0.717, 1.165) is 25.0 Å². The first kappa shape index (κ1) is 18.1. The van der Waals surface area contributed by atoms with Crippen molar-refractivity contribution in [3.8, 4) is 0 Å². The molecule has 0 atom stereocenters. The Labute approximate surface area is 167 Å². The normalized spacial score (nSPS) is 18.1. The van der Waals surface area contributed by atoms with Gasteiger partial charge in [0.1, 0.15) is 5.60 Å². The third-order valence-electron chi connectivity index (χ3n) is 6.15. The number of ether oxygens (including phenoxy) is 1. The molecule has 2 aromatic heterocycles. The third kappa shape index (κ3) is 3.13. The number of piperidine rings is 1. The van der Waals surface area contributed by atoms with Crippen molar-refractivity contribution in [2.75, 3.05) is 19.7 Å². The van der Waals surface area contributed by atoms with Gasteiger partial charge < -0.3 is 9.64 Å². The van der Waals surface area contributed by atoms with E-state index in [1.54, 1.807) is 6.07 Å². The smallest absolute Gasteiger partial charge is 0.261 e. The lowest BCUT2D eigenvalue weighted by Gasteiger charge is -2.43. The molecule has 2 aliphatic heterocycles. The van der Waals surface area contributed by atoms with E-state index < -0.39 is 0 Å². The number of benzene rings is 1. The first-order valence-corrected chi connectivity index (χ1v) is 10.0. The first-order chi connectivity index (χ1) is 14.2. The number of hydrogen-bond acceptors (Lipinski definition) is 5. The van der Waals surface area contributed by atoms with Crippen LogP contribution in [-0.2, 0) is 28.1 Å². The van der Waals surface area contributed by atoms with Crippen molar-refractivity contribution in [2.24, 2.45) is 0 Å². The van der Waals surface area contributed by atoms with Crippen molar-refractivity contribution in [2.45, 2.75) is 37.8 Å². The molecule has 1 saturated heterocycles. The number of aryl methyl sites for hydroxylation is 1. The Balaban J connectivity index is 1.24. The number of nitrogens with one attached hydrogen (secondary N) is 1. The van der Waals surface area contributed by atoms with Crippen LogP contribution in [0.3, 0.4) is 0 Å². The maximum absolute atomic E-state index is 12.7. The molecule has 29 heavy (non-hydrogen) atoms. The second-order valence-corrected chi connectivity index (χ2v) is 7.75. The average molecular weight is 393 g/mol. The van der Waals surface area contributed by atoms with Crippen molar-refractivity contribution in [3.05, 3.63) is 58.4 Å². The number of aromatic amines is 1. The Bertz CT molecular complexity index is 1110. The molecule has 0 radical (unpaired) electrons. The molecule has 0 bridgehead atoms. The number of carbonyl (C=O) groups is 1. The lowest BCUT2D eigenvalue weighted by atomic mass is 9.83. The molecule has 0 unspecified atom stereocenters. The Hall–Kier alpha value is -3.00. The molecular weight excluding hydrogens is 370 g/mol. The van der Waals surface area contributed by atoms with Crippen LogP contribution < -0.4 is 5.56 Å². The van der Waals surface area contributed by atoms with Gasteiger partial charge in [-0.3, -0.25) is 19.3 Å². The van der Waals surface area contributed by atoms with Crippen LogP contribution in [0, 0.1) is 0 Å². The number of carbonyl (C=O) groups excluding carboxylic acids is 1. The molecule has 0 saturated carbocycles. The number of amides is 1. The fourth-order valence-electron chi connectivity index (χ4n) is 4.47. The van der Waals surface area contributed by atoms with Crippen LogP contribution in [0.15, 0.2) is 41.6 Å². The van der Waals surface area contributed by atoms with Gasteiger partial charge in [0.15, 0.2) is 0 Å². The van der Waals surface area contributed by atoms with Crippen LogP contribution in [0.25, 0.3) is 10.9 Å². The first-order valence-electron chi connectivity index (χ1n) is 10.0. The van der Waals surface area contributed by atoms with Crippen molar-refractivity contribution >= 4 is 16.8 Å². The highest BCUT2D eigenvalue weighted by Crippen LogP contribution is 2.40. The number of nitrogens with zero attached hydrogens (tertiary/aromatic N) is 4. The molecule has 0 aliphatic carbocycles. The van der Waals surface area contributed by atoms with Crippen LogP contribution in [0.4, 0.5) is 0 Å². The molecule has 3 aromatic rings. The third-order valence-corrected chi connectivity index (χ3v) is 6.15. The summed E-state index contributed by atoms with van der Waals surface area (Å²) in [5, 5.41) is 7.86. The predicted octanol–water partition coefficient (Wildman–Crippen LogP) is 1.60. The van der Waals surface area contributed by atoms with Crippen molar-refractivity contribution in [1.29, 1.82) is 0 Å². The van der Waals surface area contributed by atoms with E-state index in [0.29, 0.717) is 37.1 Å². The molecule has 2 aliphatic rings. The minimum atomic E-state index is -0.347. The summed E-state index contributed by atoms with van der Waals surface area (Å²) in [5.74, 6) is 0.0561. The highest BCUT2D eigenvalue weighted by atomic mass is 16.5. The molecule has 1 fully saturated rings. The molecule has 1 amide bonds. The number of fused-ring (bicyclic) bond motifs is 3. The van der Waals surface area contributed by atoms with Gasteiger partial charge in [0.25, 0.3) is 5.56 Å². The molecule has 4 heterocycles. The van der Waals surface area contributed by atoms with Gasteiger partial charge in [0.2, 0.25) is 5.91 Å². The van der Waals surface area contributed by atoms with Crippen molar-refractivity contribution in [1.82, 2.24) is 24.6 Å². The Morgan fingerprint density at radius 1 is 1.24 bits per heavy atom. The van der Waals surface area contributed by atoms with E-state index in [1.807, 2.05) is 29.3 Å². The zero-order valence-electron chi connectivity index (χ0n) is 16.1. The zero-order chi connectivity index (χ0) is 19.8. The summed E-state index contributed by atoms with van der Waals surface area (Å²) in [6.07, 6.45) is 6.08. The number of rotatable bonds is 3. The van der Waals surface area contributed by atoms with E-state index in [-0.39, 0.29) is 23.5 Å². The monoisotopic (exact) mass is 393 g/mol. The van der Waals surface area contributed by atoms with Gasteiger partial charge in [-0.15, -0.1) is 0 Å². The molecule has 150 valence electrons. The summed E-state index contributed by atoms with van der Waals surface area (Å²) in [6, 6.07) is 7.26. The number of likely N-dealkylation sites (tertiary alicyclic amines) is 1. The van der Waals surface area contributed by atoms with Gasteiger partial charge in [-0.1, -0.05) is 12.1 Å². The molecule has 1 N–H and O–H groups in total. The fourth-order valence-corrected chi connectivity index (χ4v) is 4.47. The molecular formula is C21H23N5O3. The molecule has 8 nitrogen and oxygen atoms in total. The van der Waals surface area contributed by atoms with Crippen molar-refractivity contribution in [3.63, 3.8) is 0 Å². The molecule has 1 spiro atoms.